The van der Waals surface area contributed by atoms with Crippen molar-refractivity contribution in [2.75, 3.05) is 0 Å². The van der Waals surface area contributed by atoms with Crippen molar-refractivity contribution >= 4 is 0 Å². The first-order chi connectivity index (χ1) is 5.48. The first-order valence-electron chi connectivity index (χ1n) is 4.08. The predicted molar refractivity (Wildman–Crippen MR) is 49.5 cm³/mol. The molecule has 0 spiro atoms. The van der Waals surface area contributed by atoms with Crippen LogP contribution >= 0.6 is 0 Å². The topological polar surface area (TPSA) is 40.5 Å². The fourth-order valence-electron chi connectivity index (χ4n) is 0.473. The highest BCUT2D eigenvalue weighted by Crippen LogP contribution is 2.04. The van der Waals surface area contributed by atoms with Gasteiger partial charge in [-0.2, -0.15) is 0 Å². The van der Waals surface area contributed by atoms with Gasteiger partial charge in [-0.25, -0.2) is 0 Å². The Balaban J connectivity index is 4.05. The summed E-state index contributed by atoms with van der Waals surface area (Å²) in [6, 6.07) is 0. The zero-order chi connectivity index (χ0) is 9.61. The summed E-state index contributed by atoms with van der Waals surface area (Å²) in [4.78, 5) is 0. The van der Waals surface area contributed by atoms with Crippen molar-refractivity contribution in [1.29, 1.82) is 0 Å². The molecule has 0 aromatic carbocycles. The van der Waals surface area contributed by atoms with Crippen LogP contribution in [-0.4, -0.2) is 21.9 Å². The number of allylic oxidation sites excluding steroid dienone is 1. The standard InChI is InChI=1S/C10H16O2/c1-4-10(3,12)8-6-5-7-9(2)11/h5,7,9,11-12H,4H2,1-3H3/b7-5+. The molecule has 0 aromatic heterocycles. The van der Waals surface area contributed by atoms with Gasteiger partial charge < -0.3 is 10.2 Å². The smallest absolute Gasteiger partial charge is 0.122 e. The van der Waals surface area contributed by atoms with Crippen LogP contribution in [0.25, 0.3) is 0 Å². The van der Waals surface area contributed by atoms with Crippen molar-refractivity contribution in [1.82, 2.24) is 0 Å². The Bertz CT molecular complexity index is 204. The number of rotatable bonds is 2. The van der Waals surface area contributed by atoms with Crippen molar-refractivity contribution < 1.29 is 10.2 Å². The maximum Gasteiger partial charge on any atom is 0.122 e. The molecule has 2 heteroatoms. The van der Waals surface area contributed by atoms with Crippen molar-refractivity contribution in [3.63, 3.8) is 0 Å². The molecule has 0 aromatic rings. The minimum Gasteiger partial charge on any atom is -0.389 e. The zero-order valence-electron chi connectivity index (χ0n) is 7.83. The van der Waals surface area contributed by atoms with Crippen LogP contribution in [0.15, 0.2) is 12.2 Å². The average Bonchev–Trinajstić information content (AvgIpc) is 1.98. The van der Waals surface area contributed by atoms with Gasteiger partial charge in [0.2, 0.25) is 0 Å². The molecule has 0 amide bonds. The third-order valence-electron chi connectivity index (χ3n) is 1.49. The normalized spacial score (nSPS) is 18.1. The lowest BCUT2D eigenvalue weighted by Crippen LogP contribution is -2.19. The monoisotopic (exact) mass is 168 g/mol. The molecule has 0 heterocycles. The van der Waals surface area contributed by atoms with E-state index in [2.05, 4.69) is 11.8 Å². The lowest BCUT2D eigenvalue weighted by Gasteiger charge is -2.11. The highest BCUT2D eigenvalue weighted by molar-refractivity contribution is 5.21. The summed E-state index contributed by atoms with van der Waals surface area (Å²) >= 11 is 0. The molecule has 0 rings (SSSR count). The minimum atomic E-state index is -0.914. The van der Waals surface area contributed by atoms with E-state index in [0.29, 0.717) is 6.42 Å². The molecule has 0 bridgehead atoms. The van der Waals surface area contributed by atoms with Gasteiger partial charge in [-0.1, -0.05) is 18.8 Å². The SMILES string of the molecule is CCC(C)(O)C#C/C=C/C(C)O. The van der Waals surface area contributed by atoms with Gasteiger partial charge in [0.1, 0.15) is 5.60 Å². The Hall–Kier alpha value is -0.780. The largest absolute Gasteiger partial charge is 0.389 e. The van der Waals surface area contributed by atoms with Crippen LogP contribution in [-0.2, 0) is 0 Å². The Morgan fingerprint density at radius 2 is 2.17 bits per heavy atom. The van der Waals surface area contributed by atoms with Gasteiger partial charge in [-0.3, -0.25) is 0 Å². The van der Waals surface area contributed by atoms with Crippen LogP contribution in [0.3, 0.4) is 0 Å². The van der Waals surface area contributed by atoms with Gasteiger partial charge in [-0.05, 0) is 32.4 Å². The van der Waals surface area contributed by atoms with Crippen molar-refractivity contribution in [2.24, 2.45) is 0 Å². The van der Waals surface area contributed by atoms with E-state index in [1.165, 1.54) is 0 Å². The summed E-state index contributed by atoms with van der Waals surface area (Å²) in [7, 11) is 0. The Morgan fingerprint density at radius 1 is 1.58 bits per heavy atom. The van der Waals surface area contributed by atoms with E-state index >= 15 is 0 Å². The number of aliphatic hydroxyl groups is 2. The first-order valence-corrected chi connectivity index (χ1v) is 4.08. The van der Waals surface area contributed by atoms with Gasteiger partial charge in [0, 0.05) is 0 Å². The second-order valence-electron chi connectivity index (χ2n) is 3.00. The van der Waals surface area contributed by atoms with E-state index in [9.17, 15) is 5.11 Å². The van der Waals surface area contributed by atoms with Crippen LogP contribution in [0.5, 0.6) is 0 Å². The average molecular weight is 168 g/mol. The third-order valence-corrected chi connectivity index (χ3v) is 1.49. The molecule has 2 N–H and O–H groups in total. The van der Waals surface area contributed by atoms with E-state index in [4.69, 9.17) is 5.11 Å². The molecule has 0 aliphatic carbocycles. The Kier molecular flexibility index (Phi) is 4.65. The molecule has 0 fully saturated rings. The van der Waals surface area contributed by atoms with Crippen LogP contribution < -0.4 is 0 Å². The maximum absolute atomic E-state index is 9.42. The summed E-state index contributed by atoms with van der Waals surface area (Å²) in [6.45, 7) is 5.18. The summed E-state index contributed by atoms with van der Waals surface area (Å²) in [5, 5.41) is 18.2. The van der Waals surface area contributed by atoms with E-state index in [1.807, 2.05) is 6.92 Å². The molecule has 2 unspecified atom stereocenters. The van der Waals surface area contributed by atoms with Gasteiger partial charge in [-0.15, -0.1) is 0 Å². The number of hydrogen-bond acceptors (Lipinski definition) is 2. The van der Waals surface area contributed by atoms with Crippen molar-refractivity contribution in [3.05, 3.63) is 12.2 Å². The van der Waals surface area contributed by atoms with Gasteiger partial charge in [0.15, 0.2) is 0 Å². The molecular weight excluding hydrogens is 152 g/mol. The molecule has 0 radical (unpaired) electrons. The van der Waals surface area contributed by atoms with Crippen LogP contribution in [0.1, 0.15) is 27.2 Å². The van der Waals surface area contributed by atoms with Gasteiger partial charge in [0.05, 0.1) is 6.10 Å². The summed E-state index contributed by atoms with van der Waals surface area (Å²) in [5.74, 6) is 5.34. The molecule has 0 aliphatic heterocycles. The quantitative estimate of drug-likeness (QED) is 0.606. The lowest BCUT2D eigenvalue weighted by molar-refractivity contribution is 0.118. The summed E-state index contributed by atoms with van der Waals surface area (Å²) in [6.07, 6.45) is 3.24. The molecule has 0 aliphatic rings. The highest BCUT2D eigenvalue weighted by Gasteiger charge is 2.11. The van der Waals surface area contributed by atoms with Crippen LogP contribution in [0.4, 0.5) is 0 Å². The molecular formula is C10H16O2. The van der Waals surface area contributed by atoms with Gasteiger partial charge >= 0.3 is 0 Å². The Morgan fingerprint density at radius 3 is 2.58 bits per heavy atom. The number of aliphatic hydroxyl groups excluding tert-OH is 1. The van der Waals surface area contributed by atoms with E-state index < -0.39 is 11.7 Å². The van der Waals surface area contributed by atoms with E-state index in [0.717, 1.165) is 0 Å². The number of hydrogen-bond donors (Lipinski definition) is 2. The molecule has 2 atom stereocenters. The van der Waals surface area contributed by atoms with Crippen LogP contribution in [0.2, 0.25) is 0 Å². The molecule has 68 valence electrons. The first kappa shape index (κ1) is 11.2. The van der Waals surface area contributed by atoms with Crippen molar-refractivity contribution in [2.45, 2.75) is 38.9 Å². The fraction of sp³-hybridized carbons (Fsp3) is 0.600. The van der Waals surface area contributed by atoms with Crippen LogP contribution in [0, 0.1) is 11.8 Å². The third kappa shape index (κ3) is 5.96. The summed E-state index contributed by atoms with van der Waals surface area (Å²) in [5.41, 5.74) is -0.914. The molecule has 0 saturated carbocycles. The fourth-order valence-corrected chi connectivity index (χ4v) is 0.473. The summed E-state index contributed by atoms with van der Waals surface area (Å²) < 4.78 is 0. The molecule has 0 saturated heterocycles. The van der Waals surface area contributed by atoms with E-state index in [1.54, 1.807) is 26.0 Å². The highest BCUT2D eigenvalue weighted by atomic mass is 16.3. The molecule has 12 heavy (non-hydrogen) atoms. The zero-order valence-corrected chi connectivity index (χ0v) is 7.83. The minimum absolute atomic E-state index is 0.481. The lowest BCUT2D eigenvalue weighted by atomic mass is 10.1. The second-order valence-corrected chi connectivity index (χ2v) is 3.00. The van der Waals surface area contributed by atoms with E-state index in [-0.39, 0.29) is 0 Å². The van der Waals surface area contributed by atoms with Crippen molar-refractivity contribution in [3.8, 4) is 11.8 Å². The molecule has 2 nitrogen and oxygen atoms in total. The Labute approximate surface area is 73.9 Å². The maximum atomic E-state index is 9.42. The second kappa shape index (κ2) is 4.97. The van der Waals surface area contributed by atoms with Gasteiger partial charge in [0.25, 0.3) is 0 Å². The predicted octanol–water partition coefficient (Wildman–Crippen LogP) is 1.09.